The molecule has 1 aliphatic rings. The van der Waals surface area contributed by atoms with Crippen molar-refractivity contribution < 1.29 is 14.7 Å². The molecule has 0 heterocycles. The molecule has 0 radical (unpaired) electrons. The first-order valence-corrected chi connectivity index (χ1v) is 7.27. The molecule has 5 nitrogen and oxygen atoms in total. The monoisotopic (exact) mass is 270 g/mol. The van der Waals surface area contributed by atoms with Crippen molar-refractivity contribution in [3.8, 4) is 0 Å². The van der Waals surface area contributed by atoms with Crippen LogP contribution in [0.5, 0.6) is 0 Å². The smallest absolute Gasteiger partial charge is 0.315 e. The van der Waals surface area contributed by atoms with E-state index in [0.717, 1.165) is 0 Å². The molecule has 1 saturated carbocycles. The molecule has 0 aliphatic heterocycles. The number of hydrogen-bond donors (Lipinski definition) is 3. The quantitative estimate of drug-likeness (QED) is 0.693. The number of carbonyl (C=O) groups is 2. The third-order valence-corrected chi connectivity index (χ3v) is 4.17. The van der Waals surface area contributed by atoms with Gasteiger partial charge in [0.1, 0.15) is 0 Å². The minimum absolute atomic E-state index is 0.0417. The Balaban J connectivity index is 2.26. The topological polar surface area (TPSA) is 78.4 Å². The van der Waals surface area contributed by atoms with Crippen LogP contribution in [0.1, 0.15) is 52.4 Å². The number of hydrogen-bond acceptors (Lipinski definition) is 2. The summed E-state index contributed by atoms with van der Waals surface area (Å²) < 4.78 is 0. The lowest BCUT2D eigenvalue weighted by molar-refractivity contribution is -0.136. The van der Waals surface area contributed by atoms with Gasteiger partial charge >= 0.3 is 12.0 Å². The van der Waals surface area contributed by atoms with E-state index in [4.69, 9.17) is 5.11 Å². The van der Waals surface area contributed by atoms with Gasteiger partial charge in [-0.15, -0.1) is 0 Å². The van der Waals surface area contributed by atoms with E-state index < -0.39 is 5.97 Å². The second kappa shape index (κ2) is 8.02. The van der Waals surface area contributed by atoms with Gasteiger partial charge in [0.15, 0.2) is 0 Å². The summed E-state index contributed by atoms with van der Waals surface area (Å²) in [5, 5.41) is 14.0. The van der Waals surface area contributed by atoms with Gasteiger partial charge in [-0.25, -0.2) is 4.79 Å². The number of carboxylic acids is 1. The second-order valence-corrected chi connectivity index (χ2v) is 5.59. The van der Waals surface area contributed by atoms with E-state index in [0.29, 0.717) is 11.8 Å². The summed E-state index contributed by atoms with van der Waals surface area (Å²) in [4.78, 5) is 22.0. The average Bonchev–Trinajstić information content (AvgIpc) is 2.38. The Hall–Kier alpha value is -1.26. The van der Waals surface area contributed by atoms with Crippen molar-refractivity contribution in [3.05, 3.63) is 0 Å². The number of carbonyl (C=O) groups excluding carboxylic acids is 1. The Morgan fingerprint density at radius 1 is 1.21 bits per heavy atom. The summed E-state index contributed by atoms with van der Waals surface area (Å²) in [5.74, 6) is 0.262. The van der Waals surface area contributed by atoms with Crippen molar-refractivity contribution in [2.45, 2.75) is 58.4 Å². The summed E-state index contributed by atoms with van der Waals surface area (Å²) in [6, 6.07) is -0.149. The van der Waals surface area contributed by atoms with Crippen LogP contribution in [0.15, 0.2) is 0 Å². The highest BCUT2D eigenvalue weighted by Crippen LogP contribution is 2.31. The fraction of sp³-hybridized carbons (Fsp3) is 0.857. The number of rotatable bonds is 6. The maximum atomic E-state index is 11.6. The van der Waals surface area contributed by atoms with Crippen LogP contribution in [0.3, 0.4) is 0 Å². The van der Waals surface area contributed by atoms with Gasteiger partial charge in [-0.05, 0) is 18.8 Å². The van der Waals surface area contributed by atoms with Crippen molar-refractivity contribution in [3.63, 3.8) is 0 Å². The molecule has 0 spiro atoms. The Labute approximate surface area is 115 Å². The maximum absolute atomic E-state index is 11.6. The molecule has 110 valence electrons. The van der Waals surface area contributed by atoms with Gasteiger partial charge in [0.25, 0.3) is 0 Å². The van der Waals surface area contributed by atoms with Crippen molar-refractivity contribution in [1.29, 1.82) is 0 Å². The Morgan fingerprint density at radius 3 is 2.42 bits per heavy atom. The van der Waals surface area contributed by atoms with E-state index in [-0.39, 0.29) is 25.0 Å². The Morgan fingerprint density at radius 2 is 1.84 bits per heavy atom. The Kier molecular flexibility index (Phi) is 6.67. The summed E-state index contributed by atoms with van der Waals surface area (Å²) >= 11 is 0. The van der Waals surface area contributed by atoms with Gasteiger partial charge in [-0.2, -0.15) is 0 Å². The molecule has 2 atom stereocenters. The van der Waals surface area contributed by atoms with E-state index in [1.54, 1.807) is 0 Å². The van der Waals surface area contributed by atoms with Crippen LogP contribution in [0, 0.1) is 11.8 Å². The molecule has 5 heteroatoms. The van der Waals surface area contributed by atoms with Gasteiger partial charge in [-0.1, -0.05) is 39.0 Å². The zero-order valence-electron chi connectivity index (χ0n) is 11.9. The molecule has 1 rings (SSSR count). The van der Waals surface area contributed by atoms with E-state index in [2.05, 4.69) is 17.6 Å². The molecule has 0 aromatic rings. The highest BCUT2D eigenvalue weighted by molar-refractivity contribution is 5.75. The molecule has 0 aromatic carbocycles. The van der Waals surface area contributed by atoms with Crippen molar-refractivity contribution in [1.82, 2.24) is 10.6 Å². The molecule has 3 N–H and O–H groups in total. The molecule has 19 heavy (non-hydrogen) atoms. The molecule has 2 unspecified atom stereocenters. The third kappa shape index (κ3) is 5.94. The highest BCUT2D eigenvalue weighted by atomic mass is 16.4. The average molecular weight is 270 g/mol. The Bertz CT molecular complexity index is 301. The predicted octanol–water partition coefficient (Wildman–Crippen LogP) is 2.37. The maximum Gasteiger partial charge on any atom is 0.315 e. The van der Waals surface area contributed by atoms with Crippen molar-refractivity contribution in [2.24, 2.45) is 11.8 Å². The van der Waals surface area contributed by atoms with E-state index >= 15 is 0 Å². The van der Waals surface area contributed by atoms with Crippen molar-refractivity contribution in [2.75, 3.05) is 6.54 Å². The van der Waals surface area contributed by atoms with Crippen LogP contribution < -0.4 is 10.6 Å². The van der Waals surface area contributed by atoms with E-state index in [1.807, 2.05) is 6.92 Å². The fourth-order valence-electron chi connectivity index (χ4n) is 2.74. The predicted molar refractivity (Wildman–Crippen MR) is 74.0 cm³/mol. The zero-order chi connectivity index (χ0) is 14.3. The number of amides is 2. The van der Waals surface area contributed by atoms with Crippen LogP contribution in [0.4, 0.5) is 4.79 Å². The van der Waals surface area contributed by atoms with Gasteiger partial charge in [-0.3, -0.25) is 4.79 Å². The number of nitrogens with one attached hydrogen (secondary N) is 2. The minimum Gasteiger partial charge on any atom is -0.481 e. The summed E-state index contributed by atoms with van der Waals surface area (Å²) in [7, 11) is 0. The lowest BCUT2D eigenvalue weighted by Gasteiger charge is -2.32. The molecule has 1 fully saturated rings. The van der Waals surface area contributed by atoms with E-state index in [9.17, 15) is 9.59 Å². The lowest BCUT2D eigenvalue weighted by Crippen LogP contribution is -2.45. The van der Waals surface area contributed by atoms with Gasteiger partial charge < -0.3 is 15.7 Å². The molecule has 0 bridgehead atoms. The summed E-state index contributed by atoms with van der Waals surface area (Å²) in [5.41, 5.74) is 0. The summed E-state index contributed by atoms with van der Waals surface area (Å²) in [6.45, 7) is 4.39. The van der Waals surface area contributed by atoms with Gasteiger partial charge in [0.2, 0.25) is 0 Å². The normalized spacial score (nSPS) is 19.5. The van der Waals surface area contributed by atoms with Crippen LogP contribution in [0.2, 0.25) is 0 Å². The van der Waals surface area contributed by atoms with Crippen LogP contribution in [-0.4, -0.2) is 29.7 Å². The fourth-order valence-corrected chi connectivity index (χ4v) is 2.74. The summed E-state index contributed by atoms with van der Waals surface area (Å²) in [6.07, 6.45) is 6.40. The highest BCUT2D eigenvalue weighted by Gasteiger charge is 2.25. The standard InChI is InChI=1S/C14H26N2O3/c1-10(12-6-4-3-5-7-12)11(2)16-14(19)15-9-8-13(17)18/h10-12H,3-9H2,1-2H3,(H,17,18)(H2,15,16,19). The van der Waals surface area contributed by atoms with E-state index in [1.165, 1.54) is 32.1 Å². The largest absolute Gasteiger partial charge is 0.481 e. The first-order valence-electron chi connectivity index (χ1n) is 7.27. The second-order valence-electron chi connectivity index (χ2n) is 5.59. The SMILES string of the molecule is CC(NC(=O)NCCC(=O)O)C(C)C1CCCCC1. The lowest BCUT2D eigenvalue weighted by atomic mass is 9.78. The number of aliphatic carboxylic acids is 1. The van der Waals surface area contributed by atoms with Crippen LogP contribution >= 0.6 is 0 Å². The van der Waals surface area contributed by atoms with Crippen LogP contribution in [-0.2, 0) is 4.79 Å². The zero-order valence-corrected chi connectivity index (χ0v) is 11.9. The minimum atomic E-state index is -0.899. The number of urea groups is 1. The van der Waals surface area contributed by atoms with Gasteiger partial charge in [0.05, 0.1) is 6.42 Å². The third-order valence-electron chi connectivity index (χ3n) is 4.17. The number of carboxylic acid groups (broad SMARTS) is 1. The molecule has 1 aliphatic carbocycles. The molecular weight excluding hydrogens is 244 g/mol. The van der Waals surface area contributed by atoms with Crippen LogP contribution in [0.25, 0.3) is 0 Å². The van der Waals surface area contributed by atoms with Crippen molar-refractivity contribution >= 4 is 12.0 Å². The van der Waals surface area contributed by atoms with Gasteiger partial charge in [0, 0.05) is 12.6 Å². The first-order chi connectivity index (χ1) is 9.00. The molecule has 0 aromatic heterocycles. The molecule has 0 saturated heterocycles. The molecule has 2 amide bonds. The first kappa shape index (κ1) is 15.8. The molecular formula is C14H26N2O3.